The number of carbonyl (C=O) groups is 1. The van der Waals surface area contributed by atoms with Gasteiger partial charge in [-0.05, 0) is 44.1 Å². The summed E-state index contributed by atoms with van der Waals surface area (Å²) >= 11 is 0. The first-order valence-electron chi connectivity index (χ1n) is 7.70. The summed E-state index contributed by atoms with van der Waals surface area (Å²) in [5, 5.41) is 14.1. The molecule has 2 aliphatic carbocycles. The number of carbonyl (C=O) groups excluding carboxylic acids is 1. The first kappa shape index (κ1) is 12.3. The van der Waals surface area contributed by atoms with E-state index >= 15 is 0 Å². The van der Waals surface area contributed by atoms with E-state index in [1.54, 1.807) is 0 Å². The molecule has 20 heavy (non-hydrogen) atoms. The monoisotopic (exact) mass is 276 g/mol. The third-order valence-electron chi connectivity index (χ3n) is 4.99. The maximum absolute atomic E-state index is 12.2. The number of nitrogens with one attached hydrogen (secondary N) is 2. The molecule has 1 aromatic rings. The van der Waals surface area contributed by atoms with E-state index in [2.05, 4.69) is 20.8 Å². The van der Waals surface area contributed by atoms with Crippen LogP contribution in [0, 0.1) is 17.8 Å². The number of nitrogens with zero attached hydrogens (tertiary/aromatic N) is 2. The van der Waals surface area contributed by atoms with Crippen LogP contribution in [0.3, 0.4) is 0 Å². The largest absolute Gasteiger partial charge is 0.406 e. The molecule has 2 saturated carbocycles. The van der Waals surface area contributed by atoms with E-state index in [-0.39, 0.29) is 23.9 Å². The summed E-state index contributed by atoms with van der Waals surface area (Å²) in [4.78, 5) is 12.2. The number of fused-ring (bicyclic) bond motifs is 1. The van der Waals surface area contributed by atoms with Crippen molar-refractivity contribution in [1.29, 1.82) is 0 Å². The minimum absolute atomic E-state index is 0.0662. The van der Waals surface area contributed by atoms with Crippen molar-refractivity contribution in [2.45, 2.75) is 44.6 Å². The summed E-state index contributed by atoms with van der Waals surface area (Å²) in [6, 6.07) is 0.402. The molecule has 108 valence electrons. The van der Waals surface area contributed by atoms with Gasteiger partial charge in [-0.1, -0.05) is 17.9 Å². The molecule has 0 radical (unpaired) electrons. The fourth-order valence-electron chi connectivity index (χ4n) is 3.89. The van der Waals surface area contributed by atoms with Crippen LogP contribution in [0.4, 0.5) is 6.01 Å². The first-order valence-corrected chi connectivity index (χ1v) is 7.70. The topological polar surface area (TPSA) is 80.0 Å². The van der Waals surface area contributed by atoms with E-state index in [0.717, 1.165) is 19.4 Å². The van der Waals surface area contributed by atoms with Gasteiger partial charge in [-0.15, -0.1) is 5.10 Å². The highest BCUT2D eigenvalue weighted by Gasteiger charge is 2.54. The lowest BCUT2D eigenvalue weighted by Crippen LogP contribution is -2.15. The predicted molar refractivity (Wildman–Crippen MR) is 71.8 cm³/mol. The molecule has 6 heteroatoms. The lowest BCUT2D eigenvalue weighted by molar-refractivity contribution is -0.118. The molecule has 1 saturated heterocycles. The number of aromatic nitrogens is 2. The molecule has 3 atom stereocenters. The zero-order valence-corrected chi connectivity index (χ0v) is 11.5. The Morgan fingerprint density at radius 3 is 2.65 bits per heavy atom. The summed E-state index contributed by atoms with van der Waals surface area (Å²) in [6.45, 7) is 0.986. The summed E-state index contributed by atoms with van der Waals surface area (Å²) < 4.78 is 5.55. The van der Waals surface area contributed by atoms with Crippen molar-refractivity contribution < 1.29 is 9.21 Å². The van der Waals surface area contributed by atoms with Crippen molar-refractivity contribution in [2.75, 3.05) is 11.9 Å². The molecule has 1 aliphatic heterocycles. The van der Waals surface area contributed by atoms with Gasteiger partial charge < -0.3 is 9.73 Å². The van der Waals surface area contributed by atoms with E-state index in [1.165, 1.54) is 25.7 Å². The van der Waals surface area contributed by atoms with Gasteiger partial charge in [0.05, 0.1) is 6.04 Å². The van der Waals surface area contributed by atoms with Crippen LogP contribution in [-0.2, 0) is 4.79 Å². The van der Waals surface area contributed by atoms with Crippen LogP contribution < -0.4 is 10.6 Å². The minimum atomic E-state index is 0.0662. The van der Waals surface area contributed by atoms with Crippen molar-refractivity contribution in [3.8, 4) is 0 Å². The number of amides is 1. The normalized spacial score (nSPS) is 35.6. The van der Waals surface area contributed by atoms with Crippen molar-refractivity contribution >= 4 is 11.9 Å². The Balaban J connectivity index is 1.38. The SMILES string of the molecule is O=C(Nc1nnc(C2CCCN2)o1)C1C2CCCCC21. The molecule has 1 aromatic heterocycles. The number of hydrogen-bond donors (Lipinski definition) is 2. The van der Waals surface area contributed by atoms with Gasteiger partial charge >= 0.3 is 6.01 Å². The fourth-order valence-corrected chi connectivity index (χ4v) is 3.89. The van der Waals surface area contributed by atoms with Gasteiger partial charge in [0.2, 0.25) is 11.8 Å². The zero-order chi connectivity index (χ0) is 13.5. The Morgan fingerprint density at radius 2 is 1.95 bits per heavy atom. The predicted octanol–water partition coefficient (Wildman–Crippen LogP) is 1.87. The van der Waals surface area contributed by atoms with E-state index in [0.29, 0.717) is 17.7 Å². The Kier molecular flexibility index (Phi) is 2.98. The lowest BCUT2D eigenvalue weighted by atomic mass is 10.0. The van der Waals surface area contributed by atoms with Crippen LogP contribution in [0.25, 0.3) is 0 Å². The average Bonchev–Trinajstić information content (AvgIpc) is 2.83. The first-order chi connectivity index (χ1) is 9.83. The second-order valence-corrected chi connectivity index (χ2v) is 6.22. The van der Waals surface area contributed by atoms with Crippen LogP contribution in [-0.4, -0.2) is 22.6 Å². The van der Waals surface area contributed by atoms with Crippen LogP contribution in [0.5, 0.6) is 0 Å². The van der Waals surface area contributed by atoms with Crippen LogP contribution in [0.2, 0.25) is 0 Å². The Morgan fingerprint density at radius 1 is 1.15 bits per heavy atom. The third-order valence-corrected chi connectivity index (χ3v) is 4.99. The summed E-state index contributed by atoms with van der Waals surface area (Å²) in [5.74, 6) is 2.03. The standard InChI is InChI=1S/C14H20N4O2/c19-12(11-8-4-1-2-5-9(8)11)16-14-18-17-13(20-14)10-6-3-7-15-10/h8-11,15H,1-7H2,(H,16,18,19). The second-order valence-electron chi connectivity index (χ2n) is 6.22. The molecule has 3 fully saturated rings. The molecule has 0 spiro atoms. The van der Waals surface area contributed by atoms with Gasteiger partial charge in [0.1, 0.15) is 0 Å². The van der Waals surface area contributed by atoms with E-state index in [4.69, 9.17) is 4.42 Å². The van der Waals surface area contributed by atoms with E-state index in [1.807, 2.05) is 0 Å². The van der Waals surface area contributed by atoms with Crippen LogP contribution >= 0.6 is 0 Å². The molecular weight excluding hydrogens is 256 g/mol. The average molecular weight is 276 g/mol. The summed E-state index contributed by atoms with van der Waals surface area (Å²) in [6.07, 6.45) is 7.07. The number of hydrogen-bond acceptors (Lipinski definition) is 5. The van der Waals surface area contributed by atoms with Crippen molar-refractivity contribution in [3.63, 3.8) is 0 Å². The lowest BCUT2D eigenvalue weighted by Gasteiger charge is -2.04. The van der Waals surface area contributed by atoms with Crippen molar-refractivity contribution in [3.05, 3.63) is 5.89 Å². The highest BCUT2D eigenvalue weighted by atomic mass is 16.4. The quantitative estimate of drug-likeness (QED) is 0.881. The Bertz CT molecular complexity index is 497. The maximum atomic E-state index is 12.2. The molecule has 6 nitrogen and oxygen atoms in total. The zero-order valence-electron chi connectivity index (χ0n) is 11.5. The van der Waals surface area contributed by atoms with Crippen LogP contribution in [0.1, 0.15) is 50.5 Å². The highest BCUT2D eigenvalue weighted by Crippen LogP contribution is 2.55. The van der Waals surface area contributed by atoms with Crippen molar-refractivity contribution in [1.82, 2.24) is 15.5 Å². The van der Waals surface area contributed by atoms with Gasteiger partial charge in [-0.2, -0.15) is 0 Å². The van der Waals surface area contributed by atoms with Gasteiger partial charge in [0.25, 0.3) is 0 Å². The fraction of sp³-hybridized carbons (Fsp3) is 0.786. The third kappa shape index (κ3) is 2.12. The van der Waals surface area contributed by atoms with Gasteiger partial charge in [-0.25, -0.2) is 0 Å². The smallest absolute Gasteiger partial charge is 0.322 e. The molecule has 0 bridgehead atoms. The molecule has 2 N–H and O–H groups in total. The number of rotatable bonds is 3. The van der Waals surface area contributed by atoms with Gasteiger partial charge in [0.15, 0.2) is 0 Å². The Hall–Kier alpha value is -1.43. The molecule has 2 heterocycles. The van der Waals surface area contributed by atoms with Gasteiger partial charge in [0, 0.05) is 5.92 Å². The number of anilines is 1. The van der Waals surface area contributed by atoms with Crippen LogP contribution in [0.15, 0.2) is 4.42 Å². The molecular formula is C14H20N4O2. The highest BCUT2D eigenvalue weighted by molar-refractivity contribution is 5.93. The molecule has 3 unspecified atom stereocenters. The molecule has 4 rings (SSSR count). The molecule has 3 aliphatic rings. The van der Waals surface area contributed by atoms with Crippen molar-refractivity contribution in [2.24, 2.45) is 17.8 Å². The second kappa shape index (κ2) is 4.84. The van der Waals surface area contributed by atoms with E-state index in [9.17, 15) is 4.79 Å². The van der Waals surface area contributed by atoms with Gasteiger partial charge in [-0.3, -0.25) is 10.1 Å². The Labute approximate surface area is 117 Å². The molecule has 1 amide bonds. The van der Waals surface area contributed by atoms with E-state index < -0.39 is 0 Å². The minimum Gasteiger partial charge on any atom is -0.406 e. The summed E-state index contributed by atoms with van der Waals surface area (Å²) in [7, 11) is 0. The summed E-state index contributed by atoms with van der Waals surface area (Å²) in [5.41, 5.74) is 0. The maximum Gasteiger partial charge on any atom is 0.322 e. The molecule has 0 aromatic carbocycles.